The van der Waals surface area contributed by atoms with Gasteiger partial charge in [0, 0.05) is 0 Å². The first-order valence-corrected chi connectivity index (χ1v) is 16.5. The third-order valence-corrected chi connectivity index (χ3v) is 14.5. The highest BCUT2D eigenvalue weighted by Crippen LogP contribution is 2.75. The number of carbonyl (C=O) groups excluding carboxylic acids is 1. The van der Waals surface area contributed by atoms with E-state index in [0.717, 1.165) is 50.5 Å². The van der Waals surface area contributed by atoms with E-state index in [1.165, 1.54) is 5.57 Å². The molecule has 4 saturated carbocycles. The first-order chi connectivity index (χ1) is 19.2. The molecule has 226 valence electrons. The number of esters is 1. The summed E-state index contributed by atoms with van der Waals surface area (Å²) in [4.78, 5) is 14.2. The van der Waals surface area contributed by atoms with E-state index < -0.39 is 17.6 Å². The van der Waals surface area contributed by atoms with E-state index in [1.807, 2.05) is 30.3 Å². The lowest BCUT2D eigenvalue weighted by Crippen LogP contribution is -2.67. The molecule has 4 heteroatoms. The minimum Gasteiger partial charge on any atom is -0.460 e. The molecule has 0 amide bonds. The maximum Gasteiger partial charge on any atom is 0.313 e. The fourth-order valence-electron chi connectivity index (χ4n) is 11.8. The molecule has 0 heterocycles. The molecule has 0 aromatic heterocycles. The first-order valence-electron chi connectivity index (χ1n) is 16.5. The van der Waals surface area contributed by atoms with Gasteiger partial charge in [-0.2, -0.15) is 0 Å². The van der Waals surface area contributed by atoms with Gasteiger partial charge in [-0.3, -0.25) is 4.79 Å². The average molecular weight is 563 g/mol. The Bertz CT molecular complexity index is 1200. The predicted octanol–water partition coefficient (Wildman–Crippen LogP) is 7.72. The minimum absolute atomic E-state index is 0.00819. The zero-order chi connectivity index (χ0) is 29.6. The van der Waals surface area contributed by atoms with Gasteiger partial charge in [-0.25, -0.2) is 0 Å². The topological polar surface area (TPSA) is 66.8 Å². The Balaban J connectivity index is 1.38. The third kappa shape index (κ3) is 3.94. The molecular weight excluding hydrogens is 508 g/mol. The average Bonchev–Trinajstić information content (AvgIpc) is 2.93. The predicted molar refractivity (Wildman–Crippen MR) is 163 cm³/mol. The van der Waals surface area contributed by atoms with E-state index in [1.54, 1.807) is 0 Å². The smallest absolute Gasteiger partial charge is 0.313 e. The SMILES string of the molecule is C[C@H]1[C@H](C)CC[C@]2(C(=O)OCc3ccccc3)CC[C@]3(C)C(=CC[C@@H]4[C@@]5(C)C[C@H](O)[C@H](O)C(C)(C)[C@@H]5CC[C@]43C)[C@H]12. The Kier molecular flexibility index (Phi) is 6.95. The summed E-state index contributed by atoms with van der Waals surface area (Å²) in [5.74, 6) is 2.06. The van der Waals surface area contributed by atoms with Crippen LogP contribution < -0.4 is 0 Å². The summed E-state index contributed by atoms with van der Waals surface area (Å²) in [5.41, 5.74) is 1.89. The number of ether oxygens (including phenoxy) is 1. The van der Waals surface area contributed by atoms with Crippen molar-refractivity contribution in [2.75, 3.05) is 0 Å². The van der Waals surface area contributed by atoms with Crippen LogP contribution in [-0.2, 0) is 16.1 Å². The normalized spacial score (nSPS) is 48.5. The number of hydrogen-bond acceptors (Lipinski definition) is 4. The zero-order valence-electron chi connectivity index (χ0n) is 26.6. The quantitative estimate of drug-likeness (QED) is 0.292. The summed E-state index contributed by atoms with van der Waals surface area (Å²) in [6.45, 7) is 17.0. The van der Waals surface area contributed by atoms with Crippen LogP contribution in [0.25, 0.3) is 0 Å². The molecule has 0 spiro atoms. The summed E-state index contributed by atoms with van der Waals surface area (Å²) in [5, 5.41) is 22.1. The first kappa shape index (κ1) is 29.4. The number of rotatable bonds is 3. The highest BCUT2D eigenvalue weighted by Gasteiger charge is 2.70. The van der Waals surface area contributed by atoms with Crippen LogP contribution in [0.3, 0.4) is 0 Å². The Hall–Kier alpha value is -1.65. The molecule has 2 N–H and O–H groups in total. The van der Waals surface area contributed by atoms with Gasteiger partial charge in [0.25, 0.3) is 0 Å². The molecule has 1 aromatic carbocycles. The summed E-state index contributed by atoms with van der Waals surface area (Å²) in [7, 11) is 0. The molecule has 0 bridgehead atoms. The summed E-state index contributed by atoms with van der Waals surface area (Å²) < 4.78 is 6.17. The van der Waals surface area contributed by atoms with Gasteiger partial charge in [-0.15, -0.1) is 0 Å². The van der Waals surface area contributed by atoms with E-state index in [2.05, 4.69) is 54.5 Å². The van der Waals surface area contributed by atoms with Gasteiger partial charge in [0.15, 0.2) is 0 Å². The van der Waals surface area contributed by atoms with Crippen LogP contribution in [0.5, 0.6) is 0 Å². The molecule has 5 aliphatic carbocycles. The van der Waals surface area contributed by atoms with Crippen LogP contribution >= 0.6 is 0 Å². The number of aliphatic hydroxyl groups is 2. The van der Waals surface area contributed by atoms with Crippen LogP contribution in [0, 0.1) is 56.7 Å². The number of hydrogen-bond donors (Lipinski definition) is 2. The van der Waals surface area contributed by atoms with Crippen LogP contribution in [-0.4, -0.2) is 28.4 Å². The highest BCUT2D eigenvalue weighted by atomic mass is 16.5. The molecule has 0 saturated heterocycles. The molecule has 0 unspecified atom stereocenters. The van der Waals surface area contributed by atoms with Gasteiger partial charge in [0.05, 0.1) is 17.6 Å². The number of carbonyl (C=O) groups is 1. The van der Waals surface area contributed by atoms with Crippen molar-refractivity contribution < 1.29 is 19.7 Å². The fraction of sp³-hybridized carbons (Fsp3) is 0.757. The molecule has 5 aliphatic rings. The molecule has 0 aliphatic heterocycles. The summed E-state index contributed by atoms with van der Waals surface area (Å²) in [6.07, 6.45) is 9.03. The van der Waals surface area contributed by atoms with Crippen molar-refractivity contribution in [2.45, 2.75) is 119 Å². The molecular formula is C37H54O4. The van der Waals surface area contributed by atoms with Crippen molar-refractivity contribution in [2.24, 2.45) is 56.7 Å². The second-order valence-corrected chi connectivity index (χ2v) is 16.4. The van der Waals surface area contributed by atoms with Gasteiger partial charge in [0.1, 0.15) is 6.61 Å². The molecule has 0 radical (unpaired) electrons. The second kappa shape index (κ2) is 9.68. The maximum atomic E-state index is 14.2. The Morgan fingerprint density at radius 2 is 1.63 bits per heavy atom. The molecule has 4 fully saturated rings. The van der Waals surface area contributed by atoms with Gasteiger partial charge in [0.2, 0.25) is 0 Å². The van der Waals surface area contributed by atoms with Crippen molar-refractivity contribution in [1.82, 2.24) is 0 Å². The fourth-order valence-corrected chi connectivity index (χ4v) is 11.8. The van der Waals surface area contributed by atoms with Gasteiger partial charge < -0.3 is 14.9 Å². The van der Waals surface area contributed by atoms with Crippen LogP contribution in [0.4, 0.5) is 0 Å². The van der Waals surface area contributed by atoms with Crippen LogP contribution in [0.15, 0.2) is 42.0 Å². The van der Waals surface area contributed by atoms with E-state index in [0.29, 0.717) is 36.7 Å². The van der Waals surface area contributed by atoms with E-state index in [-0.39, 0.29) is 33.5 Å². The Morgan fingerprint density at radius 1 is 0.927 bits per heavy atom. The van der Waals surface area contributed by atoms with E-state index >= 15 is 0 Å². The molecule has 11 atom stereocenters. The Morgan fingerprint density at radius 3 is 2.34 bits per heavy atom. The summed E-state index contributed by atoms with van der Waals surface area (Å²) in [6, 6.07) is 10.1. The lowest BCUT2D eigenvalue weighted by molar-refractivity contribution is -0.232. The monoisotopic (exact) mass is 562 g/mol. The second-order valence-electron chi connectivity index (χ2n) is 16.4. The van der Waals surface area contributed by atoms with Crippen molar-refractivity contribution in [3.05, 3.63) is 47.5 Å². The van der Waals surface area contributed by atoms with Crippen molar-refractivity contribution in [3.8, 4) is 0 Å². The molecule has 41 heavy (non-hydrogen) atoms. The largest absolute Gasteiger partial charge is 0.460 e. The highest BCUT2D eigenvalue weighted by molar-refractivity contribution is 5.79. The standard InChI is InChI=1S/C37H54O4/c1-23-15-18-37(32(40)41-22-25-11-9-8-10-12-25)20-19-35(6)26(30(37)24(23)2)13-14-29-34(5)21-27(38)31(39)33(3,4)28(34)16-17-36(29,35)7/h8-13,23-24,27-31,38-39H,14-22H2,1-7H3/t23-,24+,27+,28+,29-,30+,31+,34+,35-,36-,37+/m1/s1. The lowest BCUT2D eigenvalue weighted by Gasteiger charge is -2.71. The van der Waals surface area contributed by atoms with Crippen LogP contribution in [0.2, 0.25) is 0 Å². The summed E-state index contributed by atoms with van der Waals surface area (Å²) >= 11 is 0. The van der Waals surface area contributed by atoms with Crippen molar-refractivity contribution in [1.29, 1.82) is 0 Å². The van der Waals surface area contributed by atoms with E-state index in [4.69, 9.17) is 4.74 Å². The third-order valence-electron chi connectivity index (χ3n) is 14.5. The van der Waals surface area contributed by atoms with Gasteiger partial charge >= 0.3 is 5.97 Å². The molecule has 4 nitrogen and oxygen atoms in total. The maximum absolute atomic E-state index is 14.2. The molecule has 6 rings (SSSR count). The van der Waals surface area contributed by atoms with E-state index in [9.17, 15) is 15.0 Å². The van der Waals surface area contributed by atoms with Gasteiger partial charge in [-0.05, 0) is 108 Å². The molecule has 1 aromatic rings. The minimum atomic E-state index is -0.676. The van der Waals surface area contributed by atoms with Crippen molar-refractivity contribution >= 4 is 5.97 Å². The number of benzene rings is 1. The van der Waals surface area contributed by atoms with Crippen LogP contribution in [0.1, 0.15) is 105 Å². The number of fused-ring (bicyclic) bond motifs is 7. The van der Waals surface area contributed by atoms with Crippen molar-refractivity contribution in [3.63, 3.8) is 0 Å². The number of allylic oxidation sites excluding steroid dienone is 2. The van der Waals surface area contributed by atoms with Gasteiger partial charge in [-0.1, -0.05) is 90.4 Å². The zero-order valence-corrected chi connectivity index (χ0v) is 26.6. The Labute approximate surface area is 248 Å². The lowest BCUT2D eigenvalue weighted by atomic mass is 9.33. The number of aliphatic hydroxyl groups excluding tert-OH is 2.